The number of aryl methyl sites for hydroxylation is 2. The smallest absolute Gasteiger partial charge is 0.255 e. The monoisotopic (exact) mass is 476 g/mol. The number of benzene rings is 1. The molecule has 180 valence electrons. The summed E-state index contributed by atoms with van der Waals surface area (Å²) in [5, 5.41) is 43.6. The minimum absolute atomic E-state index is 0.113. The van der Waals surface area contributed by atoms with Crippen molar-refractivity contribution in [2.45, 2.75) is 37.7 Å². The van der Waals surface area contributed by atoms with Gasteiger partial charge in [-0.2, -0.15) is 0 Å². The number of phenols is 1. The maximum atomic E-state index is 13.5. The number of carbonyl (C=O) groups excluding carboxylic acids is 3. The van der Waals surface area contributed by atoms with E-state index in [1.165, 1.54) is 6.07 Å². The lowest BCUT2D eigenvalue weighted by Crippen LogP contribution is -2.58. The number of aliphatic hydroxyl groups is 3. The normalized spacial score (nSPS) is 25.7. The van der Waals surface area contributed by atoms with Crippen LogP contribution in [0.3, 0.4) is 0 Å². The number of primary amides is 1. The summed E-state index contributed by atoms with van der Waals surface area (Å²) in [6.45, 7) is 0. The Morgan fingerprint density at radius 2 is 1.77 bits per heavy atom. The number of nitrogens with zero attached hydrogens (tertiary/aromatic N) is 1. The van der Waals surface area contributed by atoms with Gasteiger partial charge in [-0.3, -0.25) is 19.4 Å². The Labute approximate surface area is 200 Å². The zero-order valence-electron chi connectivity index (χ0n) is 18.7. The molecule has 6 N–H and O–H groups in total. The molecular formula is C26H24N2O7. The topological polar surface area (TPSA) is 171 Å². The number of nitrogens with two attached hydrogens (primary N) is 1. The Morgan fingerprint density at radius 1 is 1.06 bits per heavy atom. The van der Waals surface area contributed by atoms with E-state index in [2.05, 4.69) is 4.98 Å². The van der Waals surface area contributed by atoms with Crippen LogP contribution in [0.2, 0.25) is 0 Å². The highest BCUT2D eigenvalue weighted by molar-refractivity contribution is 6.22. The highest BCUT2D eigenvalue weighted by atomic mass is 16.3. The molecule has 9 nitrogen and oxygen atoms in total. The van der Waals surface area contributed by atoms with Gasteiger partial charge in [0.05, 0.1) is 5.56 Å². The zero-order valence-corrected chi connectivity index (χ0v) is 18.7. The number of pyridine rings is 1. The number of amides is 1. The van der Waals surface area contributed by atoms with Gasteiger partial charge in [0.2, 0.25) is 5.78 Å². The van der Waals surface area contributed by atoms with Crippen LogP contribution in [-0.2, 0) is 33.6 Å². The number of aromatic hydroxyl groups is 1. The van der Waals surface area contributed by atoms with Crippen molar-refractivity contribution in [3.63, 3.8) is 0 Å². The fourth-order valence-electron chi connectivity index (χ4n) is 5.75. The molecule has 2 aromatic rings. The molecule has 0 saturated heterocycles. The van der Waals surface area contributed by atoms with Gasteiger partial charge in [0, 0.05) is 30.3 Å². The Bertz CT molecular complexity index is 1340. The number of hydrogen-bond donors (Lipinski definition) is 5. The molecule has 0 bridgehead atoms. The molecule has 3 aliphatic carbocycles. The second-order valence-corrected chi connectivity index (χ2v) is 9.36. The first-order valence-electron chi connectivity index (χ1n) is 11.3. The molecule has 3 atom stereocenters. The van der Waals surface area contributed by atoms with E-state index >= 15 is 0 Å². The predicted molar refractivity (Wildman–Crippen MR) is 123 cm³/mol. The molecule has 1 fully saturated rings. The molecule has 0 unspecified atom stereocenters. The number of aromatic nitrogens is 1. The van der Waals surface area contributed by atoms with Crippen molar-refractivity contribution in [1.82, 2.24) is 4.98 Å². The van der Waals surface area contributed by atoms with Crippen molar-refractivity contribution in [2.24, 2.45) is 17.6 Å². The lowest BCUT2D eigenvalue weighted by molar-refractivity contribution is -0.147. The van der Waals surface area contributed by atoms with Crippen LogP contribution in [0.25, 0.3) is 5.76 Å². The van der Waals surface area contributed by atoms with Crippen LogP contribution >= 0.6 is 0 Å². The van der Waals surface area contributed by atoms with E-state index in [1.54, 1.807) is 18.5 Å². The molecule has 5 rings (SSSR count). The average Bonchev–Trinajstić information content (AvgIpc) is 2.81. The lowest BCUT2D eigenvalue weighted by Gasteiger charge is -2.46. The molecule has 9 heteroatoms. The third-order valence-electron chi connectivity index (χ3n) is 7.48. The van der Waals surface area contributed by atoms with Crippen molar-refractivity contribution in [3.8, 4) is 5.75 Å². The number of aliphatic hydroxyl groups excluding tert-OH is 2. The summed E-state index contributed by atoms with van der Waals surface area (Å²) in [5.41, 5.74) is 4.50. The Balaban J connectivity index is 1.59. The van der Waals surface area contributed by atoms with Crippen LogP contribution in [0.4, 0.5) is 0 Å². The summed E-state index contributed by atoms with van der Waals surface area (Å²) in [4.78, 5) is 41.7. The summed E-state index contributed by atoms with van der Waals surface area (Å²) in [6, 6.07) is 7.05. The Kier molecular flexibility index (Phi) is 5.25. The first kappa shape index (κ1) is 22.8. The van der Waals surface area contributed by atoms with Gasteiger partial charge in [0.15, 0.2) is 11.4 Å². The summed E-state index contributed by atoms with van der Waals surface area (Å²) in [7, 11) is 0. The van der Waals surface area contributed by atoms with Gasteiger partial charge < -0.3 is 26.2 Å². The second kappa shape index (κ2) is 8.06. The van der Waals surface area contributed by atoms with E-state index in [0.717, 1.165) is 11.1 Å². The average molecular weight is 476 g/mol. The van der Waals surface area contributed by atoms with Crippen molar-refractivity contribution >= 4 is 23.2 Å². The standard InChI is InChI=1S/C26H24N2O7/c27-25(34)21-18(30)11-15-9-14-10-16-13(2-1-12-5-7-28-8-6-12)3-4-17(29)20(16)22(31)19(14)23(32)26(15,35)24(21)33/h3-8,14-15,29,31,33,35H,1-2,9-11H2,(H2,27,34)/t14-,15+,26+/m1/s1. The quantitative estimate of drug-likeness (QED) is 0.414. The van der Waals surface area contributed by atoms with Crippen LogP contribution in [0.1, 0.15) is 35.1 Å². The lowest BCUT2D eigenvalue weighted by atomic mass is 9.59. The van der Waals surface area contributed by atoms with Crippen LogP contribution in [0.5, 0.6) is 5.75 Å². The van der Waals surface area contributed by atoms with Crippen LogP contribution < -0.4 is 5.73 Å². The van der Waals surface area contributed by atoms with Gasteiger partial charge in [0.25, 0.3) is 5.91 Å². The molecule has 1 heterocycles. The van der Waals surface area contributed by atoms with Crippen molar-refractivity contribution in [2.75, 3.05) is 0 Å². The summed E-state index contributed by atoms with van der Waals surface area (Å²) >= 11 is 0. The SMILES string of the molecule is NC(=O)C1=C(O)[C@@]2(O)C(=O)C3=C(O)c4c(O)ccc(CCc5ccncc5)c4C[C@H]3C[C@H]2CC1=O. The summed E-state index contributed by atoms with van der Waals surface area (Å²) < 4.78 is 0. The Morgan fingerprint density at radius 3 is 2.46 bits per heavy atom. The van der Waals surface area contributed by atoms with E-state index < -0.39 is 52.0 Å². The molecular weight excluding hydrogens is 452 g/mol. The molecule has 0 aliphatic heterocycles. The molecule has 1 aromatic carbocycles. The zero-order chi connectivity index (χ0) is 25.1. The maximum absolute atomic E-state index is 13.5. The number of phenolic OH excluding ortho intramolecular Hbond substituents is 1. The number of ketones is 2. The fourth-order valence-corrected chi connectivity index (χ4v) is 5.75. The van der Waals surface area contributed by atoms with Gasteiger partial charge in [-0.25, -0.2) is 0 Å². The first-order valence-corrected chi connectivity index (χ1v) is 11.3. The van der Waals surface area contributed by atoms with Gasteiger partial charge in [-0.1, -0.05) is 6.07 Å². The molecule has 3 aliphatic rings. The second-order valence-electron chi connectivity index (χ2n) is 9.36. The maximum Gasteiger partial charge on any atom is 0.255 e. The van der Waals surface area contributed by atoms with Gasteiger partial charge in [0.1, 0.15) is 22.8 Å². The number of hydrogen-bond acceptors (Lipinski definition) is 8. The molecule has 1 amide bonds. The highest BCUT2D eigenvalue weighted by Crippen LogP contribution is 2.52. The molecule has 0 radical (unpaired) electrons. The van der Waals surface area contributed by atoms with Crippen LogP contribution in [-0.4, -0.2) is 48.5 Å². The third kappa shape index (κ3) is 3.34. The fraction of sp³-hybridized carbons (Fsp3) is 0.308. The minimum atomic E-state index is -2.55. The van der Waals surface area contributed by atoms with Crippen molar-refractivity contribution in [1.29, 1.82) is 0 Å². The van der Waals surface area contributed by atoms with Crippen LogP contribution in [0.15, 0.2) is 53.6 Å². The first-order chi connectivity index (χ1) is 16.6. The van der Waals surface area contributed by atoms with E-state index in [-0.39, 0.29) is 29.7 Å². The Hall–Kier alpha value is -3.98. The van der Waals surface area contributed by atoms with Crippen molar-refractivity contribution in [3.05, 3.63) is 75.8 Å². The minimum Gasteiger partial charge on any atom is -0.508 e. The number of fused-ring (bicyclic) bond motifs is 3. The van der Waals surface area contributed by atoms with Gasteiger partial charge >= 0.3 is 0 Å². The third-order valence-corrected chi connectivity index (χ3v) is 7.48. The van der Waals surface area contributed by atoms with Gasteiger partial charge in [-0.15, -0.1) is 0 Å². The summed E-state index contributed by atoms with van der Waals surface area (Å²) in [6.07, 6.45) is 4.81. The highest BCUT2D eigenvalue weighted by Gasteiger charge is 2.60. The number of rotatable bonds is 4. The van der Waals surface area contributed by atoms with E-state index in [1.807, 2.05) is 12.1 Å². The van der Waals surface area contributed by atoms with E-state index in [9.17, 15) is 34.8 Å². The summed E-state index contributed by atoms with van der Waals surface area (Å²) in [5.74, 6) is -6.25. The molecule has 1 aromatic heterocycles. The molecule has 1 saturated carbocycles. The number of carbonyl (C=O) groups is 3. The molecule has 0 spiro atoms. The van der Waals surface area contributed by atoms with E-state index in [0.29, 0.717) is 24.8 Å². The van der Waals surface area contributed by atoms with E-state index in [4.69, 9.17) is 5.73 Å². The number of Topliss-reactive ketones (excluding diaryl/α,β-unsaturated/α-hetero) is 2. The molecule has 35 heavy (non-hydrogen) atoms. The van der Waals surface area contributed by atoms with Crippen molar-refractivity contribution < 1.29 is 34.8 Å². The largest absolute Gasteiger partial charge is 0.508 e. The predicted octanol–water partition coefficient (Wildman–Crippen LogP) is 1.60. The van der Waals surface area contributed by atoms with Crippen LogP contribution in [0, 0.1) is 11.8 Å². The van der Waals surface area contributed by atoms with Gasteiger partial charge in [-0.05, 0) is 66.5 Å².